The van der Waals surface area contributed by atoms with Crippen molar-refractivity contribution in [1.29, 1.82) is 0 Å². The Bertz CT molecular complexity index is 1250. The number of hydrogen-bond donors (Lipinski definition) is 0. The number of benzene rings is 3. The van der Waals surface area contributed by atoms with E-state index < -0.39 is 0 Å². The molecule has 1 amide bonds. The van der Waals surface area contributed by atoms with E-state index >= 15 is 0 Å². The van der Waals surface area contributed by atoms with E-state index in [9.17, 15) is 4.79 Å². The normalized spacial score (nSPS) is 13.9. The van der Waals surface area contributed by atoms with Crippen LogP contribution in [0.2, 0.25) is 0 Å². The lowest BCUT2D eigenvalue weighted by molar-refractivity contribution is -0.123. The lowest BCUT2D eigenvalue weighted by atomic mass is 9.94. The molecular weight excluding hydrogens is 448 g/mol. The van der Waals surface area contributed by atoms with Crippen LogP contribution in [0.1, 0.15) is 18.4 Å². The zero-order chi connectivity index (χ0) is 24.7. The zero-order valence-electron chi connectivity index (χ0n) is 20.5. The van der Waals surface area contributed by atoms with Crippen molar-refractivity contribution in [3.63, 3.8) is 0 Å². The van der Waals surface area contributed by atoms with Gasteiger partial charge in [0.25, 0.3) is 0 Å². The third-order valence-corrected chi connectivity index (χ3v) is 6.72. The van der Waals surface area contributed by atoms with Crippen LogP contribution in [0.15, 0.2) is 97.1 Å². The number of methoxy groups -OCH3 is 1. The average molecular weight is 479 g/mol. The van der Waals surface area contributed by atoms with Gasteiger partial charge in [-0.25, -0.2) is 0 Å². The molecule has 0 aliphatic carbocycles. The van der Waals surface area contributed by atoms with E-state index in [1.165, 1.54) is 0 Å². The number of carbonyl (C=O) groups excluding carboxylic acids is 1. The summed E-state index contributed by atoms with van der Waals surface area (Å²) in [6, 6.07) is 32.0. The van der Waals surface area contributed by atoms with Gasteiger partial charge in [0, 0.05) is 30.3 Å². The second-order valence-electron chi connectivity index (χ2n) is 9.01. The van der Waals surface area contributed by atoms with Gasteiger partial charge in [-0.1, -0.05) is 48.5 Å². The number of piperidine rings is 1. The van der Waals surface area contributed by atoms with E-state index in [0.717, 1.165) is 60.0 Å². The summed E-state index contributed by atoms with van der Waals surface area (Å²) in [7, 11) is 1.66. The van der Waals surface area contributed by atoms with E-state index in [0.29, 0.717) is 6.54 Å². The summed E-state index contributed by atoms with van der Waals surface area (Å²) >= 11 is 0. The summed E-state index contributed by atoms with van der Waals surface area (Å²) < 4.78 is 5.23. The van der Waals surface area contributed by atoms with Crippen LogP contribution in [0.25, 0.3) is 11.3 Å². The summed E-state index contributed by atoms with van der Waals surface area (Å²) in [6.45, 7) is 2.13. The Hall–Kier alpha value is -4.19. The topological polar surface area (TPSA) is 58.6 Å². The fraction of sp³-hybridized carbons (Fsp3) is 0.233. The quantitative estimate of drug-likeness (QED) is 0.346. The first-order chi connectivity index (χ1) is 17.7. The van der Waals surface area contributed by atoms with Gasteiger partial charge in [0.05, 0.1) is 19.3 Å². The van der Waals surface area contributed by atoms with E-state index in [1.54, 1.807) is 7.11 Å². The molecule has 6 heteroatoms. The fourth-order valence-corrected chi connectivity index (χ4v) is 4.66. The Morgan fingerprint density at radius 3 is 2.14 bits per heavy atom. The molecule has 2 heterocycles. The Balaban J connectivity index is 1.24. The molecule has 1 fully saturated rings. The van der Waals surface area contributed by atoms with Crippen molar-refractivity contribution in [1.82, 2.24) is 10.2 Å². The van der Waals surface area contributed by atoms with E-state index in [4.69, 9.17) is 4.74 Å². The third-order valence-electron chi connectivity index (χ3n) is 6.72. The number of aromatic nitrogens is 2. The van der Waals surface area contributed by atoms with Crippen molar-refractivity contribution in [2.24, 2.45) is 5.92 Å². The SMILES string of the molecule is COc1ccc(-c2ccc(N3CCC(C(=O)N(Cc4ccccc4)c4ccccc4)CC3)nn2)cc1. The Labute approximate surface area is 212 Å². The number of carbonyl (C=O) groups is 1. The van der Waals surface area contributed by atoms with Crippen molar-refractivity contribution < 1.29 is 9.53 Å². The number of para-hydroxylation sites is 1. The maximum absolute atomic E-state index is 13.7. The molecule has 1 aliphatic rings. The van der Waals surface area contributed by atoms with Gasteiger partial charge in [-0.15, -0.1) is 10.2 Å². The molecule has 5 rings (SSSR count). The maximum atomic E-state index is 13.7. The fourth-order valence-electron chi connectivity index (χ4n) is 4.66. The summed E-state index contributed by atoms with van der Waals surface area (Å²) in [5, 5.41) is 8.92. The molecular formula is C30H30N4O2. The number of ether oxygens (including phenoxy) is 1. The standard InChI is InChI=1S/C30H30N4O2/c1-36-27-14-12-24(13-15-27)28-16-17-29(32-31-28)33-20-18-25(19-21-33)30(35)34(26-10-6-3-7-11-26)22-23-8-4-2-5-9-23/h2-17,25H,18-22H2,1H3. The minimum absolute atomic E-state index is 0.0169. The first kappa shape index (κ1) is 23.5. The molecule has 36 heavy (non-hydrogen) atoms. The van der Waals surface area contributed by atoms with Crippen molar-refractivity contribution in [3.8, 4) is 17.0 Å². The molecule has 3 aromatic carbocycles. The molecule has 1 aromatic heterocycles. The Kier molecular flexibility index (Phi) is 7.22. The van der Waals surface area contributed by atoms with Gasteiger partial charge in [0.15, 0.2) is 5.82 Å². The minimum Gasteiger partial charge on any atom is -0.497 e. The van der Waals surface area contributed by atoms with Crippen LogP contribution in [0.3, 0.4) is 0 Å². The highest BCUT2D eigenvalue weighted by molar-refractivity contribution is 5.95. The highest BCUT2D eigenvalue weighted by Crippen LogP contribution is 2.28. The molecule has 1 aliphatic heterocycles. The molecule has 1 saturated heterocycles. The highest BCUT2D eigenvalue weighted by Gasteiger charge is 2.30. The number of amides is 1. The Morgan fingerprint density at radius 2 is 1.53 bits per heavy atom. The molecule has 0 N–H and O–H groups in total. The number of hydrogen-bond acceptors (Lipinski definition) is 5. The second-order valence-corrected chi connectivity index (χ2v) is 9.01. The summed E-state index contributed by atoms with van der Waals surface area (Å²) in [5.41, 5.74) is 3.89. The summed E-state index contributed by atoms with van der Waals surface area (Å²) in [4.78, 5) is 17.8. The number of anilines is 2. The molecule has 0 atom stereocenters. The molecule has 6 nitrogen and oxygen atoms in total. The summed E-state index contributed by atoms with van der Waals surface area (Å²) in [5.74, 6) is 1.83. The monoisotopic (exact) mass is 478 g/mol. The zero-order valence-corrected chi connectivity index (χ0v) is 20.5. The van der Waals surface area contributed by atoms with E-state index in [2.05, 4.69) is 27.2 Å². The predicted molar refractivity (Wildman–Crippen MR) is 143 cm³/mol. The van der Waals surface area contributed by atoms with Crippen LogP contribution < -0.4 is 14.5 Å². The predicted octanol–water partition coefficient (Wildman–Crippen LogP) is 5.60. The lowest BCUT2D eigenvalue weighted by Crippen LogP contribution is -2.42. The van der Waals surface area contributed by atoms with Crippen molar-refractivity contribution in [2.45, 2.75) is 19.4 Å². The van der Waals surface area contributed by atoms with Crippen LogP contribution in [0, 0.1) is 5.92 Å². The molecule has 0 unspecified atom stereocenters. The van der Waals surface area contributed by atoms with Crippen LogP contribution in [-0.4, -0.2) is 36.3 Å². The first-order valence-electron chi connectivity index (χ1n) is 12.3. The van der Waals surface area contributed by atoms with Crippen molar-refractivity contribution in [2.75, 3.05) is 30.0 Å². The van der Waals surface area contributed by atoms with Gasteiger partial charge in [0.1, 0.15) is 5.75 Å². The van der Waals surface area contributed by atoms with E-state index in [1.807, 2.05) is 89.8 Å². The van der Waals surface area contributed by atoms with Crippen LogP contribution >= 0.6 is 0 Å². The third kappa shape index (κ3) is 5.38. The van der Waals surface area contributed by atoms with Crippen molar-refractivity contribution in [3.05, 3.63) is 103 Å². The van der Waals surface area contributed by atoms with Gasteiger partial charge in [-0.3, -0.25) is 4.79 Å². The van der Waals surface area contributed by atoms with Crippen LogP contribution in [0.4, 0.5) is 11.5 Å². The minimum atomic E-state index is -0.0169. The molecule has 0 spiro atoms. The van der Waals surface area contributed by atoms with Crippen molar-refractivity contribution >= 4 is 17.4 Å². The van der Waals surface area contributed by atoms with Crippen LogP contribution in [0.5, 0.6) is 5.75 Å². The van der Waals surface area contributed by atoms with Crippen LogP contribution in [-0.2, 0) is 11.3 Å². The lowest BCUT2D eigenvalue weighted by Gasteiger charge is -2.34. The Morgan fingerprint density at radius 1 is 0.861 bits per heavy atom. The highest BCUT2D eigenvalue weighted by atomic mass is 16.5. The maximum Gasteiger partial charge on any atom is 0.230 e. The van der Waals surface area contributed by atoms with E-state index in [-0.39, 0.29) is 11.8 Å². The average Bonchev–Trinajstić information content (AvgIpc) is 2.97. The largest absolute Gasteiger partial charge is 0.497 e. The number of rotatable bonds is 7. The molecule has 0 radical (unpaired) electrons. The molecule has 0 bridgehead atoms. The summed E-state index contributed by atoms with van der Waals surface area (Å²) in [6.07, 6.45) is 1.58. The van der Waals surface area contributed by atoms with Gasteiger partial charge >= 0.3 is 0 Å². The van der Waals surface area contributed by atoms with Gasteiger partial charge in [-0.2, -0.15) is 0 Å². The van der Waals surface area contributed by atoms with Gasteiger partial charge < -0.3 is 14.5 Å². The second kappa shape index (κ2) is 11.0. The van der Waals surface area contributed by atoms with Gasteiger partial charge in [-0.05, 0) is 66.9 Å². The molecule has 4 aromatic rings. The first-order valence-corrected chi connectivity index (χ1v) is 12.3. The van der Waals surface area contributed by atoms with Gasteiger partial charge in [0.2, 0.25) is 5.91 Å². The number of nitrogens with zero attached hydrogens (tertiary/aromatic N) is 4. The molecule has 182 valence electrons. The smallest absolute Gasteiger partial charge is 0.230 e. The molecule has 0 saturated carbocycles.